The van der Waals surface area contributed by atoms with Gasteiger partial charge in [0.1, 0.15) is 5.69 Å². The van der Waals surface area contributed by atoms with E-state index >= 15 is 0 Å². The quantitative estimate of drug-likeness (QED) is 0.413. The van der Waals surface area contributed by atoms with Crippen molar-refractivity contribution in [3.8, 4) is 0 Å². The molecule has 134 valence electrons. The van der Waals surface area contributed by atoms with Gasteiger partial charge in [-0.1, -0.05) is 45.7 Å². The van der Waals surface area contributed by atoms with Crippen LogP contribution in [-0.4, -0.2) is 17.6 Å². The van der Waals surface area contributed by atoms with Crippen LogP contribution >= 0.6 is 27.5 Å². The van der Waals surface area contributed by atoms with Crippen molar-refractivity contribution in [3.63, 3.8) is 0 Å². The molecule has 0 heterocycles. The normalized spacial score (nSPS) is 11.4. The van der Waals surface area contributed by atoms with Gasteiger partial charge in [-0.25, -0.2) is 0 Å². The minimum Gasteiger partial charge on any atom is -0.361 e. The monoisotopic (exact) mass is 436 g/mol. The fourth-order valence-electron chi connectivity index (χ4n) is 2.29. The Morgan fingerprint density at radius 2 is 1.88 bits per heavy atom. The first-order valence-electron chi connectivity index (χ1n) is 7.16. The summed E-state index contributed by atoms with van der Waals surface area (Å²) in [6, 6.07) is 10.9. The molecular weight excluding hydrogens is 425 g/mol. The number of hydrogen-bond donors (Lipinski definition) is 0. The third-order valence-electron chi connectivity index (χ3n) is 3.46. The Kier molecular flexibility index (Phi) is 6.29. The molecule has 0 aliphatic carbocycles. The molecule has 0 aliphatic heterocycles. The van der Waals surface area contributed by atoms with E-state index in [0.717, 1.165) is 0 Å². The predicted molar refractivity (Wildman–Crippen MR) is 94.0 cm³/mol. The van der Waals surface area contributed by atoms with Crippen LogP contribution in [0.1, 0.15) is 12.0 Å². The summed E-state index contributed by atoms with van der Waals surface area (Å²) in [5.41, 5.74) is 0.421. The molecule has 0 saturated carbocycles. The van der Waals surface area contributed by atoms with Crippen molar-refractivity contribution < 1.29 is 18.1 Å². The smallest absolute Gasteiger partial charge is 0.361 e. The zero-order valence-corrected chi connectivity index (χ0v) is 15.1. The minimum atomic E-state index is -4.37. The van der Waals surface area contributed by atoms with Crippen molar-refractivity contribution >= 4 is 38.9 Å². The van der Waals surface area contributed by atoms with Gasteiger partial charge in [-0.15, -0.1) is 0 Å². The molecule has 2 aromatic carbocycles. The maximum Gasteiger partial charge on any atom is 0.390 e. The van der Waals surface area contributed by atoms with Crippen LogP contribution in [0, 0.1) is 10.1 Å². The van der Waals surface area contributed by atoms with Crippen molar-refractivity contribution in [2.24, 2.45) is 0 Å². The fraction of sp³-hybridized carbons (Fsp3) is 0.250. The van der Waals surface area contributed by atoms with Gasteiger partial charge in [-0.2, -0.15) is 13.2 Å². The Morgan fingerprint density at radius 3 is 2.48 bits per heavy atom. The van der Waals surface area contributed by atoms with Crippen molar-refractivity contribution in [2.45, 2.75) is 19.1 Å². The van der Waals surface area contributed by atoms with Gasteiger partial charge in [0.2, 0.25) is 0 Å². The van der Waals surface area contributed by atoms with Crippen molar-refractivity contribution in [1.82, 2.24) is 0 Å². The molecule has 0 atom stereocenters. The number of anilines is 1. The molecule has 0 fully saturated rings. The lowest BCUT2D eigenvalue weighted by Gasteiger charge is -2.26. The first-order chi connectivity index (χ1) is 11.7. The van der Waals surface area contributed by atoms with Crippen LogP contribution in [0.4, 0.5) is 24.5 Å². The van der Waals surface area contributed by atoms with Gasteiger partial charge in [-0.05, 0) is 23.8 Å². The standard InChI is InChI=1S/C16H13BrClF3N2O2/c17-12-5-6-14(15(9-12)23(24)25)22(8-7-16(19,20)21)10-11-3-1-2-4-13(11)18/h1-6,9H,7-8,10H2. The molecule has 0 saturated heterocycles. The van der Waals surface area contributed by atoms with Gasteiger partial charge in [0.05, 0.1) is 11.3 Å². The van der Waals surface area contributed by atoms with Crippen LogP contribution in [0.15, 0.2) is 46.9 Å². The molecular formula is C16H13BrClF3N2O2. The van der Waals surface area contributed by atoms with Crippen LogP contribution in [0.5, 0.6) is 0 Å². The highest BCUT2D eigenvalue weighted by Gasteiger charge is 2.29. The lowest BCUT2D eigenvalue weighted by molar-refractivity contribution is -0.384. The van der Waals surface area contributed by atoms with Crippen LogP contribution in [0.2, 0.25) is 5.02 Å². The van der Waals surface area contributed by atoms with Gasteiger partial charge in [-0.3, -0.25) is 10.1 Å². The van der Waals surface area contributed by atoms with Crippen LogP contribution in [-0.2, 0) is 6.54 Å². The summed E-state index contributed by atoms with van der Waals surface area (Å²) >= 11 is 9.22. The van der Waals surface area contributed by atoms with Crippen LogP contribution in [0.25, 0.3) is 0 Å². The van der Waals surface area contributed by atoms with E-state index in [1.54, 1.807) is 30.3 Å². The Morgan fingerprint density at radius 1 is 1.20 bits per heavy atom. The molecule has 9 heteroatoms. The SMILES string of the molecule is O=[N+]([O-])c1cc(Br)ccc1N(CCC(F)(F)F)Cc1ccccc1Cl. The molecule has 0 aliphatic rings. The number of rotatable bonds is 6. The zero-order chi connectivity index (χ0) is 18.6. The summed E-state index contributed by atoms with van der Waals surface area (Å²) in [5, 5.41) is 11.7. The van der Waals surface area contributed by atoms with Crippen LogP contribution < -0.4 is 4.90 Å². The number of nitro groups is 1. The number of benzene rings is 2. The largest absolute Gasteiger partial charge is 0.390 e. The Balaban J connectivity index is 2.41. The molecule has 2 aromatic rings. The highest BCUT2D eigenvalue weighted by atomic mass is 79.9. The average molecular weight is 438 g/mol. The molecule has 4 nitrogen and oxygen atoms in total. The topological polar surface area (TPSA) is 46.4 Å². The molecule has 0 amide bonds. The summed E-state index contributed by atoms with van der Waals surface area (Å²) in [6.45, 7) is -0.393. The van der Waals surface area contributed by atoms with E-state index in [4.69, 9.17) is 11.6 Å². The molecule has 0 unspecified atom stereocenters. The van der Waals surface area contributed by atoms with Gasteiger partial charge >= 0.3 is 6.18 Å². The van der Waals surface area contributed by atoms with Gasteiger partial charge in [0.25, 0.3) is 5.69 Å². The number of alkyl halides is 3. The van der Waals surface area contributed by atoms with E-state index in [0.29, 0.717) is 15.1 Å². The van der Waals surface area contributed by atoms with Gasteiger partial charge in [0.15, 0.2) is 0 Å². The third kappa shape index (κ3) is 5.61. The number of nitrogens with zero attached hydrogens (tertiary/aromatic N) is 2. The van der Waals surface area contributed by atoms with Crippen LogP contribution in [0.3, 0.4) is 0 Å². The molecule has 0 radical (unpaired) electrons. The molecule has 0 bridgehead atoms. The van der Waals surface area contributed by atoms with Crippen molar-refractivity contribution in [1.29, 1.82) is 0 Å². The van der Waals surface area contributed by atoms with E-state index in [9.17, 15) is 23.3 Å². The number of halogens is 5. The third-order valence-corrected chi connectivity index (χ3v) is 4.32. The first-order valence-corrected chi connectivity index (χ1v) is 8.33. The zero-order valence-electron chi connectivity index (χ0n) is 12.8. The first kappa shape index (κ1) is 19.5. The average Bonchev–Trinajstić information content (AvgIpc) is 2.52. The Hall–Kier alpha value is -1.80. The van der Waals surface area contributed by atoms with E-state index in [2.05, 4.69) is 15.9 Å². The second-order valence-corrected chi connectivity index (χ2v) is 6.59. The lowest BCUT2D eigenvalue weighted by atomic mass is 10.1. The second kappa shape index (κ2) is 8.05. The summed E-state index contributed by atoms with van der Waals surface area (Å²) < 4.78 is 38.5. The van der Waals surface area contributed by atoms with E-state index in [1.165, 1.54) is 17.0 Å². The Bertz CT molecular complexity index is 771. The van der Waals surface area contributed by atoms with Gasteiger partial charge < -0.3 is 4.90 Å². The maximum absolute atomic E-state index is 12.7. The fourth-order valence-corrected chi connectivity index (χ4v) is 2.83. The molecule has 0 N–H and O–H groups in total. The minimum absolute atomic E-state index is 0.0260. The second-order valence-electron chi connectivity index (χ2n) is 5.27. The van der Waals surface area contributed by atoms with E-state index in [1.807, 2.05) is 0 Å². The summed E-state index contributed by atoms with van der Waals surface area (Å²) in [7, 11) is 0. The molecule has 0 spiro atoms. The van der Waals surface area contributed by atoms with Gasteiger partial charge in [0, 0.05) is 28.7 Å². The molecule has 25 heavy (non-hydrogen) atoms. The number of hydrogen-bond acceptors (Lipinski definition) is 3. The van der Waals surface area contributed by atoms with Crippen molar-refractivity contribution in [2.75, 3.05) is 11.4 Å². The number of nitro benzene ring substituents is 1. The maximum atomic E-state index is 12.7. The summed E-state index contributed by atoms with van der Waals surface area (Å²) in [4.78, 5) is 12.0. The van der Waals surface area contributed by atoms with Crippen molar-refractivity contribution in [3.05, 3.63) is 67.6 Å². The highest BCUT2D eigenvalue weighted by Crippen LogP contribution is 2.34. The molecule has 0 aromatic heterocycles. The Labute approximate surface area is 155 Å². The summed E-state index contributed by atoms with van der Waals surface area (Å²) in [6.07, 6.45) is -5.46. The molecule has 2 rings (SSSR count). The highest BCUT2D eigenvalue weighted by molar-refractivity contribution is 9.10. The van der Waals surface area contributed by atoms with E-state index in [-0.39, 0.29) is 17.9 Å². The summed E-state index contributed by atoms with van der Waals surface area (Å²) in [5.74, 6) is 0. The lowest BCUT2D eigenvalue weighted by Crippen LogP contribution is -2.28. The predicted octanol–water partition coefficient (Wildman–Crippen LogP) is 5.97. The van der Waals surface area contributed by atoms with E-state index < -0.39 is 24.1 Å².